The van der Waals surface area contributed by atoms with Gasteiger partial charge >= 0.3 is 6.03 Å². The molecule has 23 heavy (non-hydrogen) atoms. The van der Waals surface area contributed by atoms with E-state index in [0.29, 0.717) is 10.7 Å². The zero-order valence-electron chi connectivity index (χ0n) is 12.3. The Morgan fingerprint density at radius 1 is 1.35 bits per heavy atom. The van der Waals surface area contributed by atoms with Crippen molar-refractivity contribution in [2.24, 2.45) is 12.0 Å². The lowest BCUT2D eigenvalue weighted by molar-refractivity contribution is 0.253. The summed E-state index contributed by atoms with van der Waals surface area (Å²) in [5, 5.41) is 7.62. The van der Waals surface area contributed by atoms with Gasteiger partial charge in [-0.25, -0.2) is 4.79 Å². The van der Waals surface area contributed by atoms with Crippen LogP contribution in [0.5, 0.6) is 0 Å². The summed E-state index contributed by atoms with van der Waals surface area (Å²) in [5.74, 6) is -0.00790. The molecule has 2 aliphatic rings. The zero-order chi connectivity index (χ0) is 16.0. The van der Waals surface area contributed by atoms with Gasteiger partial charge in [0.05, 0.1) is 22.6 Å². The number of carbonyl (C=O) groups is 1. The van der Waals surface area contributed by atoms with E-state index in [-0.39, 0.29) is 11.9 Å². The summed E-state index contributed by atoms with van der Waals surface area (Å²) in [7, 11) is 1.87. The van der Waals surface area contributed by atoms with Crippen LogP contribution in [0, 0.1) is 0 Å². The van der Waals surface area contributed by atoms with Crippen molar-refractivity contribution in [2.45, 2.75) is 5.92 Å². The van der Waals surface area contributed by atoms with E-state index < -0.39 is 0 Å². The number of fused-ring (bicyclic) bond motifs is 1. The number of aryl methyl sites for hydroxylation is 1. The standard InChI is InChI=1S/C17H13ClN4O/c1-22-9-11(8-19-22)13-4-2-3-12(16(13)18)10-5-6-14-15(7-10)21-17(23)20-14/h2-10H,1H3,(H,21,23). The average Bonchev–Trinajstić information content (AvgIpc) is 3.11. The number of hydrogen-bond donors (Lipinski definition) is 1. The molecule has 0 bridgehead atoms. The first kappa shape index (κ1) is 14.0. The molecule has 1 aromatic carbocycles. The van der Waals surface area contributed by atoms with Crippen molar-refractivity contribution in [3.8, 4) is 11.1 Å². The molecule has 1 aliphatic carbocycles. The van der Waals surface area contributed by atoms with E-state index in [9.17, 15) is 4.79 Å². The van der Waals surface area contributed by atoms with Crippen molar-refractivity contribution in [1.82, 2.24) is 15.1 Å². The summed E-state index contributed by atoms with van der Waals surface area (Å²) in [5.41, 5.74) is 4.32. The maximum absolute atomic E-state index is 11.4. The summed E-state index contributed by atoms with van der Waals surface area (Å²) in [4.78, 5) is 15.2. The number of rotatable bonds is 2. The van der Waals surface area contributed by atoms with E-state index in [2.05, 4.69) is 15.4 Å². The number of amides is 2. The predicted octanol–water partition coefficient (Wildman–Crippen LogP) is 3.44. The molecule has 2 aromatic rings. The van der Waals surface area contributed by atoms with Crippen LogP contribution in [0.1, 0.15) is 11.5 Å². The molecular weight excluding hydrogens is 312 g/mol. The highest BCUT2D eigenvalue weighted by atomic mass is 35.5. The molecule has 1 atom stereocenters. The molecule has 2 heterocycles. The monoisotopic (exact) mass is 324 g/mol. The molecule has 0 spiro atoms. The molecule has 2 amide bonds. The second-order valence-corrected chi connectivity index (χ2v) is 5.88. The van der Waals surface area contributed by atoms with Crippen LogP contribution in [0.3, 0.4) is 0 Å². The lowest BCUT2D eigenvalue weighted by atomic mass is 9.91. The molecule has 0 saturated carbocycles. The minimum atomic E-state index is -0.327. The van der Waals surface area contributed by atoms with Crippen molar-refractivity contribution >= 4 is 23.3 Å². The molecule has 1 aliphatic heterocycles. The maximum atomic E-state index is 11.4. The van der Waals surface area contributed by atoms with Crippen LogP contribution in [0.25, 0.3) is 11.1 Å². The van der Waals surface area contributed by atoms with Gasteiger partial charge in [0.15, 0.2) is 0 Å². The van der Waals surface area contributed by atoms with Crippen molar-refractivity contribution in [1.29, 1.82) is 0 Å². The zero-order valence-corrected chi connectivity index (χ0v) is 13.1. The van der Waals surface area contributed by atoms with Crippen molar-refractivity contribution in [3.63, 3.8) is 0 Å². The number of halogens is 1. The van der Waals surface area contributed by atoms with Gasteiger partial charge in [0, 0.05) is 30.3 Å². The number of allylic oxidation sites excluding steroid dienone is 3. The van der Waals surface area contributed by atoms with Crippen LogP contribution in [0.15, 0.2) is 59.5 Å². The number of benzene rings is 1. The Labute approximate surface area is 138 Å². The highest BCUT2D eigenvalue weighted by Crippen LogP contribution is 2.36. The van der Waals surface area contributed by atoms with Gasteiger partial charge in [0.1, 0.15) is 0 Å². The Kier molecular flexibility index (Phi) is 3.16. The highest BCUT2D eigenvalue weighted by Gasteiger charge is 2.24. The van der Waals surface area contributed by atoms with Crippen LogP contribution < -0.4 is 5.32 Å². The fourth-order valence-electron chi connectivity index (χ4n) is 2.84. The summed E-state index contributed by atoms with van der Waals surface area (Å²) >= 11 is 6.64. The van der Waals surface area contributed by atoms with Gasteiger partial charge in [-0.3, -0.25) is 4.68 Å². The largest absolute Gasteiger partial charge is 0.346 e. The molecular formula is C17H13ClN4O. The minimum Gasteiger partial charge on any atom is -0.304 e. The first-order valence-corrected chi connectivity index (χ1v) is 7.57. The van der Waals surface area contributed by atoms with Gasteiger partial charge in [-0.1, -0.05) is 35.9 Å². The van der Waals surface area contributed by atoms with E-state index in [1.807, 2.05) is 49.7 Å². The normalized spacial score (nSPS) is 19.2. The van der Waals surface area contributed by atoms with E-state index in [0.717, 1.165) is 22.4 Å². The molecule has 0 fully saturated rings. The van der Waals surface area contributed by atoms with Gasteiger partial charge in [0.2, 0.25) is 0 Å². The number of aromatic nitrogens is 2. The Morgan fingerprint density at radius 3 is 3.00 bits per heavy atom. The van der Waals surface area contributed by atoms with Gasteiger partial charge in [-0.05, 0) is 17.7 Å². The second kappa shape index (κ2) is 5.21. The number of nitrogens with zero attached hydrogens (tertiary/aromatic N) is 3. The maximum Gasteiger partial charge on any atom is 0.346 e. The lowest BCUT2D eigenvalue weighted by Gasteiger charge is -2.17. The number of carbonyl (C=O) groups excluding carboxylic acids is 1. The van der Waals surface area contributed by atoms with Crippen LogP contribution in [0.4, 0.5) is 4.79 Å². The smallest absolute Gasteiger partial charge is 0.304 e. The van der Waals surface area contributed by atoms with Crippen LogP contribution in [0.2, 0.25) is 5.02 Å². The topological polar surface area (TPSA) is 59.3 Å². The van der Waals surface area contributed by atoms with Gasteiger partial charge < -0.3 is 5.32 Å². The third kappa shape index (κ3) is 2.39. The lowest BCUT2D eigenvalue weighted by Crippen LogP contribution is -2.17. The molecule has 4 rings (SSSR count). The molecule has 6 heteroatoms. The van der Waals surface area contributed by atoms with Gasteiger partial charge in [0.25, 0.3) is 0 Å². The molecule has 0 saturated heterocycles. The Hall–Kier alpha value is -2.66. The van der Waals surface area contributed by atoms with Crippen molar-refractivity contribution in [2.75, 3.05) is 0 Å². The minimum absolute atomic E-state index is 0.00790. The van der Waals surface area contributed by atoms with Gasteiger partial charge in [-0.15, -0.1) is 0 Å². The number of hydrogen-bond acceptors (Lipinski definition) is 2. The SMILES string of the molecule is Cn1cc(-c2cccc(C3C=CC4=NC(=O)NC4=C3)c2Cl)cn1. The molecule has 1 N–H and O–H groups in total. The quantitative estimate of drug-likeness (QED) is 0.920. The Bertz CT molecular complexity index is 907. The summed E-state index contributed by atoms with van der Waals surface area (Å²) < 4.78 is 1.75. The molecule has 5 nitrogen and oxygen atoms in total. The first-order chi connectivity index (χ1) is 11.1. The highest BCUT2D eigenvalue weighted by molar-refractivity contribution is 6.34. The van der Waals surface area contributed by atoms with E-state index in [1.165, 1.54) is 0 Å². The van der Waals surface area contributed by atoms with E-state index >= 15 is 0 Å². The third-order valence-electron chi connectivity index (χ3n) is 3.95. The Balaban J connectivity index is 1.75. The summed E-state index contributed by atoms with van der Waals surface area (Å²) in [6, 6.07) is 5.62. The third-order valence-corrected chi connectivity index (χ3v) is 4.37. The second-order valence-electron chi connectivity index (χ2n) is 5.50. The van der Waals surface area contributed by atoms with Crippen molar-refractivity contribution < 1.29 is 4.79 Å². The fraction of sp³-hybridized carbons (Fsp3) is 0.118. The number of urea groups is 1. The van der Waals surface area contributed by atoms with Crippen molar-refractivity contribution in [3.05, 3.63) is 65.1 Å². The number of nitrogens with one attached hydrogen (secondary N) is 1. The molecule has 114 valence electrons. The van der Waals surface area contributed by atoms with Crippen LogP contribution >= 0.6 is 11.6 Å². The number of aliphatic imine (C=N–C) groups is 1. The van der Waals surface area contributed by atoms with Crippen LogP contribution in [-0.4, -0.2) is 21.5 Å². The fourth-order valence-corrected chi connectivity index (χ4v) is 3.21. The average molecular weight is 325 g/mol. The molecule has 1 unspecified atom stereocenters. The van der Waals surface area contributed by atoms with E-state index in [4.69, 9.17) is 11.6 Å². The van der Waals surface area contributed by atoms with Crippen LogP contribution in [-0.2, 0) is 7.05 Å². The summed E-state index contributed by atoms with van der Waals surface area (Å²) in [6.45, 7) is 0. The first-order valence-electron chi connectivity index (χ1n) is 7.19. The molecule has 1 aromatic heterocycles. The van der Waals surface area contributed by atoms with E-state index in [1.54, 1.807) is 10.9 Å². The summed E-state index contributed by atoms with van der Waals surface area (Å²) in [6.07, 6.45) is 9.55. The predicted molar refractivity (Wildman–Crippen MR) is 89.6 cm³/mol. The molecule has 0 radical (unpaired) electrons. The van der Waals surface area contributed by atoms with Gasteiger partial charge in [-0.2, -0.15) is 10.1 Å². The Morgan fingerprint density at radius 2 is 2.22 bits per heavy atom.